The van der Waals surface area contributed by atoms with Crippen molar-refractivity contribution >= 4 is 0 Å². The van der Waals surface area contributed by atoms with Gasteiger partial charge in [-0.05, 0) is 13.8 Å². The van der Waals surface area contributed by atoms with Crippen LogP contribution in [0.3, 0.4) is 0 Å². The molecule has 0 aliphatic carbocycles. The molecule has 0 aromatic carbocycles. The highest BCUT2D eigenvalue weighted by atomic mass is 16.7. The van der Waals surface area contributed by atoms with Crippen LogP contribution >= 0.6 is 0 Å². The Labute approximate surface area is 77.6 Å². The maximum absolute atomic E-state index is 9.12. The summed E-state index contributed by atoms with van der Waals surface area (Å²) in [7, 11) is 0. The van der Waals surface area contributed by atoms with E-state index < -0.39 is 6.29 Å². The molecular weight excluding hydrogens is 172 g/mol. The Morgan fingerprint density at radius 2 is 2.00 bits per heavy atom. The molecule has 0 heterocycles. The third kappa shape index (κ3) is 6.08. The van der Waals surface area contributed by atoms with Crippen LogP contribution in [0.4, 0.5) is 0 Å². The van der Waals surface area contributed by atoms with Gasteiger partial charge >= 0.3 is 6.20 Å². The molecule has 0 saturated heterocycles. The highest BCUT2D eigenvalue weighted by Gasteiger charge is 2.12. The number of aliphatic hydroxyl groups is 1. The van der Waals surface area contributed by atoms with E-state index in [4.69, 9.17) is 20.0 Å². The second kappa shape index (κ2) is 7.53. The highest BCUT2D eigenvalue weighted by molar-refractivity contribution is 4.96. The van der Waals surface area contributed by atoms with Crippen molar-refractivity contribution in [3.05, 3.63) is 16.9 Å². The average molecular weight is 187 g/mol. The lowest BCUT2D eigenvalue weighted by Gasteiger charge is -2.14. The molecule has 74 valence electrons. The molecule has 0 aromatic rings. The monoisotopic (exact) mass is 187 g/mol. The fourth-order valence-corrected chi connectivity index (χ4v) is 0.828. The predicted molar refractivity (Wildman–Crippen MR) is 47.5 cm³/mol. The van der Waals surface area contributed by atoms with Crippen LogP contribution in [0.5, 0.6) is 0 Å². The summed E-state index contributed by atoms with van der Waals surface area (Å²) in [5, 5.41) is 17.2. The van der Waals surface area contributed by atoms with E-state index in [0.717, 1.165) is 6.20 Å². The molecule has 1 N–H and O–H groups in total. The van der Waals surface area contributed by atoms with Crippen molar-refractivity contribution in [3.63, 3.8) is 0 Å². The molecule has 0 amide bonds. The van der Waals surface area contributed by atoms with Gasteiger partial charge in [0.15, 0.2) is 17.0 Å². The molecule has 0 aliphatic rings. The Bertz CT molecular complexity index is 192. The van der Waals surface area contributed by atoms with Crippen LogP contribution in [0.1, 0.15) is 20.3 Å². The summed E-state index contributed by atoms with van der Waals surface area (Å²) in [6.07, 6.45) is 0.657. The number of hydrogen-bond donors (Lipinski definition) is 1. The molecule has 0 fully saturated rings. The lowest BCUT2D eigenvalue weighted by molar-refractivity contribution is -0.137. The molecule has 0 radical (unpaired) electrons. The van der Waals surface area contributed by atoms with E-state index in [-0.39, 0.29) is 12.2 Å². The van der Waals surface area contributed by atoms with E-state index in [1.807, 2.05) is 13.8 Å². The zero-order valence-corrected chi connectivity index (χ0v) is 7.93. The zero-order valence-electron chi connectivity index (χ0n) is 7.93. The number of aliphatic hydroxyl groups excluding tert-OH is 1. The summed E-state index contributed by atoms with van der Waals surface area (Å²) < 4.78 is 10.3. The second-order valence-electron chi connectivity index (χ2n) is 2.28. The third-order valence-electron chi connectivity index (χ3n) is 1.29. The van der Waals surface area contributed by atoms with Gasteiger partial charge in [-0.2, -0.15) is 0 Å². The SMILES string of the molecule is CCOC(C/C(O)=C/[N+]#N)OCC. The van der Waals surface area contributed by atoms with Gasteiger partial charge in [-0.25, -0.2) is 0 Å². The van der Waals surface area contributed by atoms with Gasteiger partial charge in [0.05, 0.1) is 6.42 Å². The van der Waals surface area contributed by atoms with E-state index in [2.05, 4.69) is 4.98 Å². The Morgan fingerprint density at radius 1 is 1.46 bits per heavy atom. The third-order valence-corrected chi connectivity index (χ3v) is 1.29. The minimum Gasteiger partial charge on any atom is -0.505 e. The van der Waals surface area contributed by atoms with Crippen LogP contribution in [0, 0.1) is 5.39 Å². The summed E-state index contributed by atoms with van der Waals surface area (Å²) in [5.74, 6) is -0.0746. The van der Waals surface area contributed by atoms with Crippen molar-refractivity contribution in [2.45, 2.75) is 26.6 Å². The van der Waals surface area contributed by atoms with Crippen LogP contribution < -0.4 is 0 Å². The first-order chi connectivity index (χ1) is 6.24. The molecule has 0 unspecified atom stereocenters. The molecule has 5 heteroatoms. The Balaban J connectivity index is 3.94. The Kier molecular flexibility index (Phi) is 6.88. The van der Waals surface area contributed by atoms with Crippen molar-refractivity contribution < 1.29 is 14.6 Å². The van der Waals surface area contributed by atoms with Gasteiger partial charge in [0.1, 0.15) is 0 Å². The predicted octanol–water partition coefficient (Wildman–Crippen LogP) is 2.03. The average Bonchev–Trinajstić information content (AvgIpc) is 2.05. The molecule has 0 bridgehead atoms. The lowest BCUT2D eigenvalue weighted by Crippen LogP contribution is -2.17. The highest BCUT2D eigenvalue weighted by Crippen LogP contribution is 2.07. The van der Waals surface area contributed by atoms with Crippen molar-refractivity contribution in [3.8, 4) is 0 Å². The first-order valence-corrected chi connectivity index (χ1v) is 4.20. The van der Waals surface area contributed by atoms with E-state index in [0.29, 0.717) is 13.2 Å². The zero-order chi connectivity index (χ0) is 10.1. The summed E-state index contributed by atoms with van der Waals surface area (Å²) in [5.41, 5.74) is 0. The molecule has 0 aromatic heterocycles. The number of nitrogens with zero attached hydrogens (tertiary/aromatic N) is 2. The maximum Gasteiger partial charge on any atom is 0.387 e. The minimum atomic E-state index is -0.479. The summed E-state index contributed by atoms with van der Waals surface area (Å²) in [6, 6.07) is 0. The van der Waals surface area contributed by atoms with Crippen LogP contribution in [-0.4, -0.2) is 24.6 Å². The molecule has 0 saturated carbocycles. The summed E-state index contributed by atoms with van der Waals surface area (Å²) in [4.78, 5) is 2.69. The van der Waals surface area contributed by atoms with Crippen molar-refractivity contribution in [1.82, 2.24) is 0 Å². The lowest BCUT2D eigenvalue weighted by atomic mass is 10.3. The molecule has 0 aliphatic heterocycles. The number of diazo groups is 1. The maximum atomic E-state index is 9.12. The normalized spacial score (nSPS) is 11.7. The second-order valence-corrected chi connectivity index (χ2v) is 2.28. The summed E-state index contributed by atoms with van der Waals surface area (Å²) >= 11 is 0. The van der Waals surface area contributed by atoms with E-state index in [1.54, 1.807) is 0 Å². The smallest absolute Gasteiger partial charge is 0.387 e. The molecular formula is C8H15N2O3+. The largest absolute Gasteiger partial charge is 0.505 e. The number of rotatable bonds is 6. The van der Waals surface area contributed by atoms with Gasteiger partial charge in [0.25, 0.3) is 0 Å². The van der Waals surface area contributed by atoms with E-state index >= 15 is 0 Å². The number of hydrogen-bond acceptors (Lipinski definition) is 4. The first kappa shape index (κ1) is 11.9. The van der Waals surface area contributed by atoms with Gasteiger partial charge in [-0.3, -0.25) is 0 Å². The molecule has 0 atom stereocenters. The van der Waals surface area contributed by atoms with Crippen LogP contribution in [0.25, 0.3) is 4.98 Å². The van der Waals surface area contributed by atoms with E-state index in [1.165, 1.54) is 0 Å². The fourth-order valence-electron chi connectivity index (χ4n) is 0.828. The van der Waals surface area contributed by atoms with Gasteiger partial charge in [-0.15, -0.1) is 0 Å². The topological polar surface area (TPSA) is 66.8 Å². The van der Waals surface area contributed by atoms with Crippen LogP contribution in [-0.2, 0) is 9.47 Å². The molecule has 0 rings (SSSR count). The van der Waals surface area contributed by atoms with Gasteiger partial charge in [0.2, 0.25) is 5.39 Å². The van der Waals surface area contributed by atoms with Crippen molar-refractivity contribution in [2.24, 2.45) is 0 Å². The van der Waals surface area contributed by atoms with Gasteiger partial charge in [0, 0.05) is 13.2 Å². The van der Waals surface area contributed by atoms with Crippen LogP contribution in [0.15, 0.2) is 12.0 Å². The van der Waals surface area contributed by atoms with E-state index in [9.17, 15) is 0 Å². The Morgan fingerprint density at radius 3 is 2.38 bits per heavy atom. The number of ether oxygens (including phenoxy) is 2. The fraction of sp³-hybridized carbons (Fsp3) is 0.750. The minimum absolute atomic E-state index is 0.0746. The molecule has 0 spiro atoms. The molecule has 5 nitrogen and oxygen atoms in total. The van der Waals surface area contributed by atoms with Gasteiger partial charge in [-0.1, -0.05) is 0 Å². The standard InChI is InChI=1S/C8H14N2O3/c1-3-12-8(13-4-2)5-7(11)6-10-9/h6,8H,3-5H2,1-2H3/p+1/b7-6-. The summed E-state index contributed by atoms with van der Waals surface area (Å²) in [6.45, 7) is 4.69. The Hall–Kier alpha value is -1.12. The van der Waals surface area contributed by atoms with Gasteiger partial charge < -0.3 is 14.6 Å². The quantitative estimate of drug-likeness (QED) is 0.392. The first-order valence-electron chi connectivity index (χ1n) is 4.20. The van der Waals surface area contributed by atoms with Crippen molar-refractivity contribution in [1.29, 1.82) is 5.39 Å². The van der Waals surface area contributed by atoms with Crippen molar-refractivity contribution in [2.75, 3.05) is 13.2 Å². The van der Waals surface area contributed by atoms with Crippen LogP contribution in [0.2, 0.25) is 0 Å². The molecule has 13 heavy (non-hydrogen) atoms.